The van der Waals surface area contributed by atoms with E-state index in [0.717, 1.165) is 16.9 Å². The van der Waals surface area contributed by atoms with E-state index in [9.17, 15) is 8.78 Å². The topological polar surface area (TPSA) is 84.4 Å². The summed E-state index contributed by atoms with van der Waals surface area (Å²) < 4.78 is 40.9. The molecule has 0 radical (unpaired) electrons. The van der Waals surface area contributed by atoms with Crippen molar-refractivity contribution in [1.29, 1.82) is 0 Å². The third-order valence-corrected chi connectivity index (χ3v) is 4.84. The quantitative estimate of drug-likeness (QED) is 0.451. The van der Waals surface area contributed by atoms with Crippen LogP contribution in [0, 0.1) is 0 Å². The van der Waals surface area contributed by atoms with E-state index in [1.165, 1.54) is 29.6 Å². The largest absolute Gasteiger partial charge is 0.497 e. The van der Waals surface area contributed by atoms with Crippen LogP contribution in [0.2, 0.25) is 0 Å². The molecule has 0 fully saturated rings. The molecule has 2 N–H and O–H groups in total. The summed E-state index contributed by atoms with van der Waals surface area (Å²) in [5, 5.41) is 8.76. The molecule has 0 amide bonds. The second-order valence-corrected chi connectivity index (χ2v) is 6.50. The van der Waals surface area contributed by atoms with Crippen LogP contribution in [0.1, 0.15) is 5.56 Å². The zero-order valence-electron chi connectivity index (χ0n) is 15.1. The van der Waals surface area contributed by atoms with Crippen LogP contribution in [-0.2, 0) is 5.75 Å². The number of ether oxygens (including phenoxy) is 3. The monoisotopic (exact) mass is 408 g/mol. The molecule has 0 saturated heterocycles. The molecule has 0 saturated carbocycles. The van der Waals surface area contributed by atoms with Gasteiger partial charge in [0, 0.05) is 11.3 Å². The molecule has 28 heavy (non-hydrogen) atoms. The third kappa shape index (κ3) is 4.45. The molecule has 1 heterocycles. The van der Waals surface area contributed by atoms with Gasteiger partial charge in [-0.15, -0.1) is 10.2 Å². The normalized spacial score (nSPS) is 10.9. The van der Waals surface area contributed by atoms with Gasteiger partial charge in [0.15, 0.2) is 17.3 Å². The van der Waals surface area contributed by atoms with Crippen LogP contribution in [0.15, 0.2) is 47.6 Å². The lowest BCUT2D eigenvalue weighted by molar-refractivity contribution is -0.0512. The van der Waals surface area contributed by atoms with E-state index in [1.807, 2.05) is 24.3 Å². The van der Waals surface area contributed by atoms with Gasteiger partial charge in [0.25, 0.3) is 0 Å². The summed E-state index contributed by atoms with van der Waals surface area (Å²) in [5.74, 6) is 8.06. The number of nitrogens with zero attached hydrogens (tertiary/aromatic N) is 3. The number of thioether (sulfide) groups is 1. The molecule has 0 aliphatic heterocycles. The molecule has 7 nitrogen and oxygen atoms in total. The predicted octanol–water partition coefficient (Wildman–Crippen LogP) is 3.57. The molecule has 2 aromatic carbocycles. The number of rotatable bonds is 8. The summed E-state index contributed by atoms with van der Waals surface area (Å²) in [6.07, 6.45) is 0. The minimum Gasteiger partial charge on any atom is -0.497 e. The van der Waals surface area contributed by atoms with E-state index < -0.39 is 6.61 Å². The van der Waals surface area contributed by atoms with Gasteiger partial charge in [-0.2, -0.15) is 8.78 Å². The first-order valence-corrected chi connectivity index (χ1v) is 9.09. The van der Waals surface area contributed by atoms with Gasteiger partial charge in [0.1, 0.15) is 5.75 Å². The molecule has 0 spiro atoms. The molecular formula is C18H18F2N4O3S. The van der Waals surface area contributed by atoms with Gasteiger partial charge in [-0.1, -0.05) is 17.8 Å². The summed E-state index contributed by atoms with van der Waals surface area (Å²) in [6.45, 7) is -2.92. The highest BCUT2D eigenvalue weighted by Gasteiger charge is 2.14. The van der Waals surface area contributed by atoms with E-state index >= 15 is 0 Å². The summed E-state index contributed by atoms with van der Waals surface area (Å²) in [4.78, 5) is 0. The number of methoxy groups -OCH3 is 2. The maximum atomic E-state index is 12.4. The molecule has 148 valence electrons. The first-order valence-electron chi connectivity index (χ1n) is 8.11. The number of aromatic nitrogens is 3. The fourth-order valence-electron chi connectivity index (χ4n) is 2.46. The molecule has 0 bridgehead atoms. The van der Waals surface area contributed by atoms with Crippen molar-refractivity contribution in [1.82, 2.24) is 14.9 Å². The number of alkyl halides is 2. The molecule has 3 rings (SSSR count). The second-order valence-electron chi connectivity index (χ2n) is 5.56. The first kappa shape index (κ1) is 19.7. The SMILES string of the molecule is COc1ccc(-c2nnc(SCc3ccc(OC(F)F)c(OC)c3)n2N)cc1. The Balaban J connectivity index is 1.72. The number of hydrogen-bond donors (Lipinski definition) is 1. The van der Waals surface area contributed by atoms with Gasteiger partial charge in [0.05, 0.1) is 14.2 Å². The minimum atomic E-state index is -2.92. The summed E-state index contributed by atoms with van der Waals surface area (Å²) >= 11 is 1.36. The van der Waals surface area contributed by atoms with E-state index in [-0.39, 0.29) is 11.5 Å². The van der Waals surface area contributed by atoms with Crippen LogP contribution in [0.5, 0.6) is 17.2 Å². The van der Waals surface area contributed by atoms with Crippen molar-refractivity contribution in [3.8, 4) is 28.6 Å². The van der Waals surface area contributed by atoms with Gasteiger partial charge in [-0.3, -0.25) is 0 Å². The Labute approximate surface area is 164 Å². The Morgan fingerprint density at radius 1 is 1.04 bits per heavy atom. The van der Waals surface area contributed by atoms with Crippen molar-refractivity contribution >= 4 is 11.8 Å². The van der Waals surface area contributed by atoms with Crippen molar-refractivity contribution in [3.05, 3.63) is 48.0 Å². The molecule has 0 atom stereocenters. The fourth-order valence-corrected chi connectivity index (χ4v) is 3.25. The fraction of sp³-hybridized carbons (Fsp3) is 0.222. The Hall–Kier alpha value is -3.01. The molecule has 1 aromatic heterocycles. The average molecular weight is 408 g/mol. The highest BCUT2D eigenvalue weighted by atomic mass is 32.2. The Bertz CT molecular complexity index is 935. The highest BCUT2D eigenvalue weighted by molar-refractivity contribution is 7.98. The molecule has 3 aromatic rings. The lowest BCUT2D eigenvalue weighted by Crippen LogP contribution is -2.11. The average Bonchev–Trinajstić information content (AvgIpc) is 3.07. The summed E-state index contributed by atoms with van der Waals surface area (Å²) in [7, 11) is 2.98. The number of nitrogen functional groups attached to an aromatic ring is 1. The molecular weight excluding hydrogens is 390 g/mol. The maximum absolute atomic E-state index is 12.4. The number of nitrogens with two attached hydrogens (primary N) is 1. The van der Waals surface area contributed by atoms with E-state index in [1.54, 1.807) is 19.2 Å². The summed E-state index contributed by atoms with van der Waals surface area (Å²) in [5.41, 5.74) is 1.63. The Morgan fingerprint density at radius 2 is 1.79 bits per heavy atom. The minimum absolute atomic E-state index is 0.0185. The Kier molecular flexibility index (Phi) is 6.19. The van der Waals surface area contributed by atoms with Crippen LogP contribution < -0.4 is 20.1 Å². The van der Waals surface area contributed by atoms with Crippen LogP contribution in [-0.4, -0.2) is 35.7 Å². The zero-order chi connectivity index (χ0) is 20.1. The van der Waals surface area contributed by atoms with Gasteiger partial charge in [0.2, 0.25) is 5.16 Å². The molecule has 0 aliphatic carbocycles. The first-order chi connectivity index (χ1) is 13.5. The van der Waals surface area contributed by atoms with Crippen molar-refractivity contribution in [2.45, 2.75) is 17.5 Å². The van der Waals surface area contributed by atoms with Gasteiger partial charge in [-0.25, -0.2) is 4.68 Å². The van der Waals surface area contributed by atoms with Crippen molar-refractivity contribution in [3.63, 3.8) is 0 Å². The van der Waals surface area contributed by atoms with Crippen LogP contribution >= 0.6 is 11.8 Å². The van der Waals surface area contributed by atoms with Gasteiger partial charge < -0.3 is 20.1 Å². The number of hydrogen-bond acceptors (Lipinski definition) is 7. The van der Waals surface area contributed by atoms with E-state index in [4.69, 9.17) is 15.3 Å². The van der Waals surface area contributed by atoms with Crippen molar-refractivity contribution in [2.75, 3.05) is 20.1 Å². The molecule has 0 unspecified atom stereocenters. The summed E-state index contributed by atoms with van der Waals surface area (Å²) in [6, 6.07) is 12.1. The van der Waals surface area contributed by atoms with Gasteiger partial charge in [-0.05, 0) is 42.0 Å². The maximum Gasteiger partial charge on any atom is 0.387 e. The smallest absolute Gasteiger partial charge is 0.387 e. The van der Waals surface area contributed by atoms with Crippen LogP contribution in [0.25, 0.3) is 11.4 Å². The molecule has 0 aliphatic rings. The third-order valence-electron chi connectivity index (χ3n) is 3.82. The van der Waals surface area contributed by atoms with Crippen LogP contribution in [0.3, 0.4) is 0 Å². The lowest BCUT2D eigenvalue weighted by Gasteiger charge is -2.11. The highest BCUT2D eigenvalue weighted by Crippen LogP contribution is 2.32. The van der Waals surface area contributed by atoms with Crippen molar-refractivity contribution < 1.29 is 23.0 Å². The zero-order valence-corrected chi connectivity index (χ0v) is 16.0. The lowest BCUT2D eigenvalue weighted by atomic mass is 10.2. The van der Waals surface area contributed by atoms with E-state index in [0.29, 0.717) is 16.7 Å². The number of halogens is 2. The predicted molar refractivity (Wildman–Crippen MR) is 101 cm³/mol. The molecule has 10 heteroatoms. The van der Waals surface area contributed by atoms with E-state index in [2.05, 4.69) is 14.9 Å². The Morgan fingerprint density at radius 3 is 2.43 bits per heavy atom. The van der Waals surface area contributed by atoms with Gasteiger partial charge >= 0.3 is 6.61 Å². The standard InChI is InChI=1S/C18H18F2N4O3S/c1-25-13-6-4-12(5-7-13)16-22-23-18(24(16)21)28-10-11-3-8-14(27-17(19)20)15(9-11)26-2/h3-9,17H,10,21H2,1-2H3. The second kappa shape index (κ2) is 8.79. The van der Waals surface area contributed by atoms with Crippen LogP contribution in [0.4, 0.5) is 8.78 Å². The van der Waals surface area contributed by atoms with Crippen molar-refractivity contribution in [2.24, 2.45) is 0 Å². The number of benzene rings is 2.